The molecule has 1 amide bonds. The highest BCUT2D eigenvalue weighted by Gasteiger charge is 2.28. The van der Waals surface area contributed by atoms with Gasteiger partial charge in [-0.3, -0.25) is 9.10 Å². The molecule has 0 radical (unpaired) electrons. The molecule has 0 fully saturated rings. The minimum atomic E-state index is -4.05. The number of hydrogen-bond acceptors (Lipinski definition) is 5. The summed E-state index contributed by atoms with van der Waals surface area (Å²) in [6, 6.07) is 22.6. The summed E-state index contributed by atoms with van der Waals surface area (Å²) >= 11 is 0. The molecule has 1 N–H and O–H groups in total. The van der Waals surface area contributed by atoms with Crippen LogP contribution >= 0.6 is 0 Å². The Bertz CT molecular complexity index is 1140. The molecule has 0 aliphatic carbocycles. The number of amides is 1. The van der Waals surface area contributed by atoms with Gasteiger partial charge in [0.25, 0.3) is 10.0 Å². The molecule has 32 heavy (non-hydrogen) atoms. The summed E-state index contributed by atoms with van der Waals surface area (Å²) in [7, 11) is -1.14. The van der Waals surface area contributed by atoms with E-state index in [0.717, 1.165) is 9.87 Å². The molecular weight excluding hydrogens is 428 g/mol. The van der Waals surface area contributed by atoms with E-state index in [9.17, 15) is 13.2 Å². The molecule has 0 heterocycles. The zero-order chi connectivity index (χ0) is 23.0. The third kappa shape index (κ3) is 5.59. The van der Waals surface area contributed by atoms with Gasteiger partial charge in [-0.25, -0.2) is 8.42 Å². The van der Waals surface area contributed by atoms with Crippen LogP contribution in [-0.2, 0) is 21.2 Å². The number of methoxy groups -OCH3 is 2. The van der Waals surface area contributed by atoms with Crippen LogP contribution in [0.25, 0.3) is 0 Å². The van der Waals surface area contributed by atoms with Crippen LogP contribution in [0.4, 0.5) is 5.69 Å². The van der Waals surface area contributed by atoms with Crippen molar-refractivity contribution in [3.63, 3.8) is 0 Å². The number of para-hydroxylation sites is 1. The molecule has 0 saturated heterocycles. The van der Waals surface area contributed by atoms with E-state index in [-0.39, 0.29) is 17.2 Å². The highest BCUT2D eigenvalue weighted by Crippen LogP contribution is 2.32. The topological polar surface area (TPSA) is 84.9 Å². The highest BCUT2D eigenvalue weighted by atomic mass is 32.2. The zero-order valence-corrected chi connectivity index (χ0v) is 18.8. The highest BCUT2D eigenvalue weighted by molar-refractivity contribution is 7.92. The molecule has 0 bridgehead atoms. The normalized spacial score (nSPS) is 10.9. The van der Waals surface area contributed by atoms with Gasteiger partial charge in [-0.1, -0.05) is 48.5 Å². The van der Waals surface area contributed by atoms with Crippen LogP contribution in [0.1, 0.15) is 5.56 Å². The van der Waals surface area contributed by atoms with Crippen LogP contribution in [-0.4, -0.2) is 41.6 Å². The summed E-state index contributed by atoms with van der Waals surface area (Å²) in [6.07, 6.45) is 0.653. The number of rotatable bonds is 10. The fourth-order valence-corrected chi connectivity index (χ4v) is 4.63. The summed E-state index contributed by atoms with van der Waals surface area (Å²) in [5.74, 6) is 0.305. The van der Waals surface area contributed by atoms with Gasteiger partial charge in [-0.05, 0) is 36.2 Å². The number of sulfonamides is 1. The van der Waals surface area contributed by atoms with E-state index in [1.165, 1.54) is 32.4 Å². The molecule has 0 aliphatic rings. The van der Waals surface area contributed by atoms with E-state index in [4.69, 9.17) is 9.47 Å². The van der Waals surface area contributed by atoms with Gasteiger partial charge in [0.1, 0.15) is 6.54 Å². The molecule has 8 heteroatoms. The molecule has 168 valence electrons. The Balaban J connectivity index is 1.82. The predicted molar refractivity (Wildman–Crippen MR) is 124 cm³/mol. The van der Waals surface area contributed by atoms with Crippen molar-refractivity contribution in [3.8, 4) is 11.5 Å². The number of hydrogen-bond donors (Lipinski definition) is 1. The first-order valence-corrected chi connectivity index (χ1v) is 11.5. The monoisotopic (exact) mass is 454 g/mol. The Hall–Kier alpha value is -3.52. The van der Waals surface area contributed by atoms with Gasteiger partial charge >= 0.3 is 0 Å². The van der Waals surface area contributed by atoms with E-state index in [2.05, 4.69) is 5.32 Å². The molecule has 0 aromatic heterocycles. The van der Waals surface area contributed by atoms with E-state index < -0.39 is 15.9 Å². The maximum absolute atomic E-state index is 13.5. The Morgan fingerprint density at radius 1 is 0.875 bits per heavy atom. The van der Waals surface area contributed by atoms with Crippen molar-refractivity contribution in [3.05, 3.63) is 84.4 Å². The first-order chi connectivity index (χ1) is 15.5. The average molecular weight is 455 g/mol. The fraction of sp³-hybridized carbons (Fsp3) is 0.208. The molecule has 0 saturated carbocycles. The van der Waals surface area contributed by atoms with Crippen LogP contribution < -0.4 is 19.1 Å². The molecule has 0 spiro atoms. The fourth-order valence-electron chi connectivity index (χ4n) is 3.19. The van der Waals surface area contributed by atoms with Gasteiger partial charge in [0.15, 0.2) is 11.5 Å². The first-order valence-electron chi connectivity index (χ1n) is 10.1. The van der Waals surface area contributed by atoms with Crippen LogP contribution in [0.2, 0.25) is 0 Å². The molecule has 0 atom stereocenters. The minimum absolute atomic E-state index is 0.00362. The standard InChI is InChI=1S/C24H26N2O5S/c1-30-22-14-13-21(17-23(22)31-2)32(28,29)26(20-11-7-4-8-12-20)18-24(27)25-16-15-19-9-5-3-6-10-19/h3-14,17H,15-16,18H2,1-2H3,(H,25,27). The van der Waals surface area contributed by atoms with Gasteiger partial charge in [-0.15, -0.1) is 0 Å². The second-order valence-corrected chi connectivity index (χ2v) is 8.81. The number of anilines is 1. The van der Waals surface area contributed by atoms with Crippen LogP contribution in [0, 0.1) is 0 Å². The van der Waals surface area contributed by atoms with Crippen molar-refractivity contribution in [1.29, 1.82) is 0 Å². The van der Waals surface area contributed by atoms with Gasteiger partial charge in [0.2, 0.25) is 5.91 Å². The van der Waals surface area contributed by atoms with Crippen molar-refractivity contribution < 1.29 is 22.7 Å². The van der Waals surface area contributed by atoms with E-state index in [1.54, 1.807) is 30.3 Å². The predicted octanol–water partition coefficient (Wildman–Crippen LogP) is 3.26. The second kappa shape index (κ2) is 10.7. The van der Waals surface area contributed by atoms with Crippen LogP contribution in [0.15, 0.2) is 83.8 Å². The van der Waals surface area contributed by atoms with Crippen molar-refractivity contribution in [2.24, 2.45) is 0 Å². The Morgan fingerprint density at radius 2 is 1.50 bits per heavy atom. The van der Waals surface area contributed by atoms with Gasteiger partial charge in [-0.2, -0.15) is 0 Å². The van der Waals surface area contributed by atoms with Gasteiger partial charge in [0, 0.05) is 12.6 Å². The molecular formula is C24H26N2O5S. The van der Waals surface area contributed by atoms with E-state index in [0.29, 0.717) is 24.4 Å². The lowest BCUT2D eigenvalue weighted by Gasteiger charge is -2.24. The number of carbonyl (C=O) groups is 1. The smallest absolute Gasteiger partial charge is 0.264 e. The lowest BCUT2D eigenvalue weighted by Crippen LogP contribution is -2.41. The SMILES string of the molecule is COc1ccc(S(=O)(=O)N(CC(=O)NCCc2ccccc2)c2ccccc2)cc1OC. The van der Waals surface area contributed by atoms with Gasteiger partial charge < -0.3 is 14.8 Å². The van der Waals surface area contributed by atoms with E-state index in [1.807, 2.05) is 30.3 Å². The summed E-state index contributed by atoms with van der Waals surface area (Å²) in [6.45, 7) is 0.0529. The molecule has 3 aromatic rings. The maximum atomic E-state index is 13.5. The maximum Gasteiger partial charge on any atom is 0.264 e. The number of ether oxygens (including phenoxy) is 2. The van der Waals surface area contributed by atoms with Crippen molar-refractivity contribution in [2.45, 2.75) is 11.3 Å². The largest absolute Gasteiger partial charge is 0.493 e. The molecule has 3 rings (SSSR count). The lowest BCUT2D eigenvalue weighted by molar-refractivity contribution is -0.119. The third-order valence-electron chi connectivity index (χ3n) is 4.85. The quantitative estimate of drug-likeness (QED) is 0.508. The third-order valence-corrected chi connectivity index (χ3v) is 6.62. The number of nitrogens with one attached hydrogen (secondary N) is 1. The van der Waals surface area contributed by atoms with Crippen molar-refractivity contribution in [1.82, 2.24) is 5.32 Å². The lowest BCUT2D eigenvalue weighted by atomic mass is 10.1. The Labute approximate surface area is 188 Å². The summed E-state index contributed by atoms with van der Waals surface area (Å²) in [4.78, 5) is 12.7. The summed E-state index contributed by atoms with van der Waals surface area (Å²) in [5.41, 5.74) is 1.48. The minimum Gasteiger partial charge on any atom is -0.493 e. The zero-order valence-electron chi connectivity index (χ0n) is 18.0. The Morgan fingerprint density at radius 3 is 2.12 bits per heavy atom. The molecule has 3 aromatic carbocycles. The molecule has 0 aliphatic heterocycles. The van der Waals surface area contributed by atoms with Crippen molar-refractivity contribution in [2.75, 3.05) is 31.6 Å². The molecule has 0 unspecified atom stereocenters. The van der Waals surface area contributed by atoms with E-state index >= 15 is 0 Å². The Kier molecular flexibility index (Phi) is 7.72. The average Bonchev–Trinajstić information content (AvgIpc) is 2.83. The molecule has 7 nitrogen and oxygen atoms in total. The van der Waals surface area contributed by atoms with Crippen LogP contribution in [0.5, 0.6) is 11.5 Å². The van der Waals surface area contributed by atoms with Crippen LogP contribution in [0.3, 0.4) is 0 Å². The summed E-state index contributed by atoms with van der Waals surface area (Å²) < 4.78 is 38.5. The number of nitrogens with zero attached hydrogens (tertiary/aromatic N) is 1. The number of carbonyl (C=O) groups excluding carboxylic acids is 1. The van der Waals surface area contributed by atoms with Gasteiger partial charge in [0.05, 0.1) is 24.8 Å². The first kappa shape index (κ1) is 23.1. The van der Waals surface area contributed by atoms with Crippen molar-refractivity contribution >= 4 is 21.6 Å². The second-order valence-electron chi connectivity index (χ2n) is 6.95. The summed E-state index contributed by atoms with van der Waals surface area (Å²) in [5, 5.41) is 2.81. The number of benzene rings is 3.